The SMILES string of the molecule is CCc1cccc(C)c1NC(=O)N1Cc2[nH]nc(NC(=O)c3ccc(N4CCN(C)CC4)cc3)c2C1. The number of urea groups is 1. The smallest absolute Gasteiger partial charge is 0.322 e. The van der Waals surface area contributed by atoms with E-state index in [9.17, 15) is 9.59 Å². The fraction of sp³-hybridized carbons (Fsp3) is 0.370. The first-order chi connectivity index (χ1) is 17.4. The Hall–Kier alpha value is -3.85. The Kier molecular flexibility index (Phi) is 6.65. The van der Waals surface area contributed by atoms with Crippen molar-refractivity contribution in [2.75, 3.05) is 48.8 Å². The van der Waals surface area contributed by atoms with E-state index in [0.29, 0.717) is 24.5 Å². The van der Waals surface area contributed by atoms with E-state index in [1.165, 1.54) is 0 Å². The number of aryl methyl sites for hydroxylation is 2. The summed E-state index contributed by atoms with van der Waals surface area (Å²) in [6.07, 6.45) is 0.840. The number of carbonyl (C=O) groups excluding carboxylic acids is 2. The summed E-state index contributed by atoms with van der Waals surface area (Å²) in [6.45, 7) is 8.89. The summed E-state index contributed by atoms with van der Waals surface area (Å²) in [5.41, 5.74) is 6.39. The van der Waals surface area contributed by atoms with Crippen molar-refractivity contribution in [1.29, 1.82) is 0 Å². The molecule has 2 aliphatic rings. The van der Waals surface area contributed by atoms with Gasteiger partial charge in [0.05, 0.1) is 18.8 Å². The second-order valence-electron chi connectivity index (χ2n) is 9.57. The number of carbonyl (C=O) groups is 2. The van der Waals surface area contributed by atoms with Gasteiger partial charge >= 0.3 is 6.03 Å². The van der Waals surface area contributed by atoms with Crippen molar-refractivity contribution in [3.05, 3.63) is 70.4 Å². The van der Waals surface area contributed by atoms with Crippen molar-refractivity contribution >= 4 is 29.1 Å². The van der Waals surface area contributed by atoms with Gasteiger partial charge in [-0.3, -0.25) is 9.89 Å². The average Bonchev–Trinajstić information content (AvgIpc) is 3.48. The molecule has 0 spiro atoms. The molecule has 36 heavy (non-hydrogen) atoms. The summed E-state index contributed by atoms with van der Waals surface area (Å²) >= 11 is 0. The minimum atomic E-state index is -0.218. The third-order valence-electron chi connectivity index (χ3n) is 7.14. The largest absolute Gasteiger partial charge is 0.369 e. The zero-order valence-electron chi connectivity index (χ0n) is 21.1. The molecule has 3 heterocycles. The van der Waals surface area contributed by atoms with Crippen LogP contribution in [0.15, 0.2) is 42.5 Å². The van der Waals surface area contributed by atoms with Crippen molar-refractivity contribution in [1.82, 2.24) is 20.0 Å². The van der Waals surface area contributed by atoms with Gasteiger partial charge in [0.15, 0.2) is 5.82 Å². The number of nitrogens with one attached hydrogen (secondary N) is 3. The predicted octanol–water partition coefficient (Wildman–Crippen LogP) is 3.83. The summed E-state index contributed by atoms with van der Waals surface area (Å²) < 4.78 is 0. The fourth-order valence-corrected chi connectivity index (χ4v) is 4.84. The second-order valence-corrected chi connectivity index (χ2v) is 9.57. The van der Waals surface area contributed by atoms with Crippen LogP contribution < -0.4 is 15.5 Å². The summed E-state index contributed by atoms with van der Waals surface area (Å²) in [5.74, 6) is 0.253. The summed E-state index contributed by atoms with van der Waals surface area (Å²) in [6, 6.07) is 13.6. The van der Waals surface area contributed by atoms with E-state index in [2.05, 4.69) is 44.6 Å². The lowest BCUT2D eigenvalue weighted by molar-refractivity contribution is 0.102. The first-order valence-corrected chi connectivity index (χ1v) is 12.5. The van der Waals surface area contributed by atoms with Gasteiger partial charge in [-0.15, -0.1) is 0 Å². The third-order valence-corrected chi connectivity index (χ3v) is 7.14. The van der Waals surface area contributed by atoms with E-state index < -0.39 is 0 Å². The number of aromatic nitrogens is 2. The lowest BCUT2D eigenvalue weighted by Gasteiger charge is -2.34. The number of benzene rings is 2. The van der Waals surface area contributed by atoms with Crippen molar-refractivity contribution in [2.24, 2.45) is 0 Å². The summed E-state index contributed by atoms with van der Waals surface area (Å²) in [7, 11) is 2.13. The maximum Gasteiger partial charge on any atom is 0.322 e. The van der Waals surface area contributed by atoms with Crippen LogP contribution in [0.4, 0.5) is 22.0 Å². The molecule has 1 saturated heterocycles. The highest BCUT2D eigenvalue weighted by atomic mass is 16.2. The third kappa shape index (κ3) is 4.79. The Bertz CT molecular complexity index is 1260. The highest BCUT2D eigenvalue weighted by Gasteiger charge is 2.29. The molecule has 3 aromatic rings. The molecule has 0 unspecified atom stereocenters. The van der Waals surface area contributed by atoms with Crippen molar-refractivity contribution < 1.29 is 9.59 Å². The number of rotatable bonds is 5. The van der Waals surface area contributed by atoms with E-state index in [1.54, 1.807) is 4.90 Å². The Labute approximate surface area is 211 Å². The highest BCUT2D eigenvalue weighted by molar-refractivity contribution is 6.04. The van der Waals surface area contributed by atoms with E-state index in [0.717, 1.165) is 66.4 Å². The van der Waals surface area contributed by atoms with Crippen LogP contribution in [0.2, 0.25) is 0 Å². The maximum atomic E-state index is 13.0. The molecular formula is C27H33N7O2. The van der Waals surface area contributed by atoms with Crippen LogP contribution in [-0.2, 0) is 19.5 Å². The molecule has 1 aromatic heterocycles. The van der Waals surface area contributed by atoms with E-state index in [-0.39, 0.29) is 11.9 Å². The predicted molar refractivity (Wildman–Crippen MR) is 142 cm³/mol. The number of likely N-dealkylation sites (N-methyl/N-ethyl adjacent to an activating group) is 1. The number of fused-ring (bicyclic) bond motifs is 1. The quantitative estimate of drug-likeness (QED) is 0.508. The number of H-pyrrole nitrogens is 1. The molecule has 2 aromatic carbocycles. The molecule has 3 amide bonds. The molecule has 0 aliphatic carbocycles. The number of amides is 3. The number of aromatic amines is 1. The number of hydrogen-bond donors (Lipinski definition) is 3. The number of nitrogens with zero attached hydrogens (tertiary/aromatic N) is 4. The van der Waals surface area contributed by atoms with Gasteiger partial charge in [-0.05, 0) is 55.8 Å². The average molecular weight is 488 g/mol. The topological polar surface area (TPSA) is 96.6 Å². The van der Waals surface area contributed by atoms with Crippen molar-refractivity contribution in [2.45, 2.75) is 33.4 Å². The zero-order chi connectivity index (χ0) is 25.2. The summed E-state index contributed by atoms with van der Waals surface area (Å²) in [5, 5.41) is 13.3. The van der Waals surface area contributed by atoms with Gasteiger partial charge in [-0.1, -0.05) is 25.1 Å². The second kappa shape index (κ2) is 10.0. The van der Waals surface area contributed by atoms with Gasteiger partial charge in [0.1, 0.15) is 0 Å². The molecule has 1 fully saturated rings. The standard InChI is InChI=1S/C27H33N7O2/c1-4-19-7-5-6-18(2)24(19)28-27(36)34-16-22-23(17-34)30-31-25(22)29-26(35)20-8-10-21(11-9-20)33-14-12-32(3)13-15-33/h5-11H,4,12-17H2,1-3H3,(H,28,36)(H2,29,30,31,35). The number of hydrogen-bond acceptors (Lipinski definition) is 5. The van der Waals surface area contributed by atoms with Crippen LogP contribution in [0.3, 0.4) is 0 Å². The molecule has 2 aliphatic heterocycles. The van der Waals surface area contributed by atoms with E-state index in [4.69, 9.17) is 0 Å². The van der Waals surface area contributed by atoms with Crippen LogP contribution in [0.5, 0.6) is 0 Å². The van der Waals surface area contributed by atoms with Crippen molar-refractivity contribution in [3.63, 3.8) is 0 Å². The van der Waals surface area contributed by atoms with Crippen LogP contribution in [0, 0.1) is 6.92 Å². The molecule has 0 saturated carbocycles. The molecule has 0 atom stereocenters. The van der Waals surface area contributed by atoms with Gasteiger partial charge in [0.2, 0.25) is 0 Å². The Morgan fingerprint density at radius 3 is 2.47 bits per heavy atom. The van der Waals surface area contributed by atoms with Gasteiger partial charge < -0.3 is 25.3 Å². The maximum absolute atomic E-state index is 13.0. The number of piperazine rings is 1. The molecular weight excluding hydrogens is 454 g/mol. The molecule has 0 bridgehead atoms. The van der Waals surface area contributed by atoms with E-state index >= 15 is 0 Å². The van der Waals surface area contributed by atoms with Crippen LogP contribution in [0.1, 0.15) is 39.7 Å². The van der Waals surface area contributed by atoms with Crippen LogP contribution in [0.25, 0.3) is 0 Å². The van der Waals surface area contributed by atoms with Crippen LogP contribution >= 0.6 is 0 Å². The number of para-hydroxylation sites is 1. The first kappa shape index (κ1) is 23.9. The van der Waals surface area contributed by atoms with Crippen LogP contribution in [-0.4, -0.2) is 65.2 Å². The molecule has 9 nitrogen and oxygen atoms in total. The van der Waals surface area contributed by atoms with Gasteiger partial charge in [0, 0.05) is 48.7 Å². The van der Waals surface area contributed by atoms with E-state index in [1.807, 2.05) is 49.4 Å². The lowest BCUT2D eigenvalue weighted by atomic mass is 10.1. The van der Waals surface area contributed by atoms with Gasteiger partial charge in [-0.25, -0.2) is 4.79 Å². The Morgan fingerprint density at radius 1 is 1.00 bits per heavy atom. The highest BCUT2D eigenvalue weighted by Crippen LogP contribution is 2.29. The Morgan fingerprint density at radius 2 is 1.75 bits per heavy atom. The monoisotopic (exact) mass is 487 g/mol. The molecule has 0 radical (unpaired) electrons. The lowest BCUT2D eigenvalue weighted by Crippen LogP contribution is -2.44. The first-order valence-electron chi connectivity index (χ1n) is 12.5. The van der Waals surface area contributed by atoms with Gasteiger partial charge in [-0.2, -0.15) is 5.10 Å². The molecule has 9 heteroatoms. The Balaban J connectivity index is 1.22. The molecule has 188 valence electrons. The number of anilines is 3. The summed E-state index contributed by atoms with van der Waals surface area (Å²) in [4.78, 5) is 32.3. The minimum Gasteiger partial charge on any atom is -0.369 e. The fourth-order valence-electron chi connectivity index (χ4n) is 4.84. The van der Waals surface area contributed by atoms with Crippen molar-refractivity contribution in [3.8, 4) is 0 Å². The zero-order valence-corrected chi connectivity index (χ0v) is 21.1. The normalized spacial score (nSPS) is 15.6. The van der Waals surface area contributed by atoms with Gasteiger partial charge in [0.25, 0.3) is 5.91 Å². The molecule has 5 rings (SSSR count). The minimum absolute atomic E-state index is 0.166. The molecule has 3 N–H and O–H groups in total.